The lowest BCUT2D eigenvalue weighted by atomic mass is 10.0. The first-order chi connectivity index (χ1) is 8.58. The molecule has 1 aromatic heterocycles. The zero-order valence-corrected chi connectivity index (χ0v) is 10.7. The number of carbonyl (C=O) groups excluding carboxylic acids is 1. The molecule has 18 heavy (non-hydrogen) atoms. The first-order valence-electron chi connectivity index (χ1n) is 6.16. The first kappa shape index (κ1) is 12.6. The number of rotatable bonds is 5. The summed E-state index contributed by atoms with van der Waals surface area (Å²) in [4.78, 5) is 14.5. The monoisotopic (exact) mass is 245 g/mol. The van der Waals surface area contributed by atoms with E-state index in [1.54, 1.807) is 0 Å². The lowest BCUT2D eigenvalue weighted by molar-refractivity contribution is -0.121. The summed E-state index contributed by atoms with van der Waals surface area (Å²) in [5.41, 5.74) is 7.61. The van der Waals surface area contributed by atoms with Gasteiger partial charge in [0.2, 0.25) is 5.91 Å². The van der Waals surface area contributed by atoms with Crippen LogP contribution in [0.2, 0.25) is 0 Å². The van der Waals surface area contributed by atoms with E-state index in [2.05, 4.69) is 28.5 Å². The summed E-state index contributed by atoms with van der Waals surface area (Å²) >= 11 is 0. The van der Waals surface area contributed by atoms with E-state index in [0.717, 1.165) is 11.1 Å². The molecule has 0 saturated heterocycles. The van der Waals surface area contributed by atoms with Crippen LogP contribution in [0.15, 0.2) is 30.5 Å². The van der Waals surface area contributed by atoms with E-state index in [1.807, 2.05) is 26.1 Å². The van der Waals surface area contributed by atoms with Crippen LogP contribution in [0, 0.1) is 5.92 Å². The minimum atomic E-state index is -0.300. The van der Waals surface area contributed by atoms with Crippen molar-refractivity contribution in [3.8, 4) is 0 Å². The third kappa shape index (κ3) is 2.71. The average molecular weight is 245 g/mol. The summed E-state index contributed by atoms with van der Waals surface area (Å²) in [6.07, 6.45) is 1.92. The van der Waals surface area contributed by atoms with Gasteiger partial charge < -0.3 is 16.0 Å². The van der Waals surface area contributed by atoms with Crippen molar-refractivity contribution in [1.29, 1.82) is 0 Å². The van der Waals surface area contributed by atoms with Crippen LogP contribution in [0.3, 0.4) is 0 Å². The molecule has 0 radical (unpaired) electrons. The molecule has 4 nitrogen and oxygen atoms in total. The van der Waals surface area contributed by atoms with Crippen LogP contribution in [0.1, 0.15) is 19.4 Å². The standard InChI is InChI=1S/C14H19N3O/c1-9(2)13(14(15)18)17-8-10-3-4-11-5-6-16-12(11)7-10/h3-7,9,13,16-17H,8H2,1-2H3,(H2,15,18). The number of amides is 1. The smallest absolute Gasteiger partial charge is 0.234 e. The quantitative estimate of drug-likeness (QED) is 0.751. The Morgan fingerprint density at radius 3 is 2.83 bits per heavy atom. The molecular weight excluding hydrogens is 226 g/mol. The van der Waals surface area contributed by atoms with Crippen molar-refractivity contribution >= 4 is 16.8 Å². The summed E-state index contributed by atoms with van der Waals surface area (Å²) in [6.45, 7) is 4.61. The Morgan fingerprint density at radius 1 is 1.39 bits per heavy atom. The van der Waals surface area contributed by atoms with Gasteiger partial charge in [-0.1, -0.05) is 26.0 Å². The highest BCUT2D eigenvalue weighted by atomic mass is 16.1. The van der Waals surface area contributed by atoms with Gasteiger partial charge in [-0.2, -0.15) is 0 Å². The maximum absolute atomic E-state index is 11.3. The van der Waals surface area contributed by atoms with Crippen molar-refractivity contribution in [2.75, 3.05) is 0 Å². The highest BCUT2D eigenvalue weighted by molar-refractivity contribution is 5.80. The molecule has 0 spiro atoms. The predicted molar refractivity (Wildman–Crippen MR) is 73.0 cm³/mol. The van der Waals surface area contributed by atoms with Crippen LogP contribution in [-0.2, 0) is 11.3 Å². The zero-order chi connectivity index (χ0) is 13.1. The molecule has 1 unspecified atom stereocenters. The maximum Gasteiger partial charge on any atom is 0.234 e. The fourth-order valence-corrected chi connectivity index (χ4v) is 2.10. The van der Waals surface area contributed by atoms with Crippen LogP contribution in [0.4, 0.5) is 0 Å². The summed E-state index contributed by atoms with van der Waals surface area (Å²) in [5, 5.41) is 4.39. The molecule has 1 atom stereocenters. The molecular formula is C14H19N3O. The molecule has 4 N–H and O–H groups in total. The molecule has 1 aromatic carbocycles. The second-order valence-electron chi connectivity index (χ2n) is 4.90. The van der Waals surface area contributed by atoms with E-state index in [0.29, 0.717) is 6.54 Å². The number of hydrogen-bond donors (Lipinski definition) is 3. The zero-order valence-electron chi connectivity index (χ0n) is 10.7. The van der Waals surface area contributed by atoms with Crippen LogP contribution in [0.5, 0.6) is 0 Å². The Kier molecular flexibility index (Phi) is 3.67. The second kappa shape index (κ2) is 5.23. The number of hydrogen-bond acceptors (Lipinski definition) is 2. The normalized spacial score (nSPS) is 13.1. The summed E-state index contributed by atoms with van der Waals surface area (Å²) < 4.78 is 0. The van der Waals surface area contributed by atoms with E-state index in [1.165, 1.54) is 5.39 Å². The average Bonchev–Trinajstić information content (AvgIpc) is 2.75. The number of aromatic nitrogens is 1. The minimum absolute atomic E-state index is 0.191. The number of aromatic amines is 1. The molecule has 96 valence electrons. The van der Waals surface area contributed by atoms with Crippen LogP contribution in [0.25, 0.3) is 10.9 Å². The summed E-state index contributed by atoms with van der Waals surface area (Å²) in [5.74, 6) is -0.109. The third-order valence-corrected chi connectivity index (χ3v) is 3.12. The van der Waals surface area contributed by atoms with Gasteiger partial charge in [0, 0.05) is 18.3 Å². The van der Waals surface area contributed by atoms with Crippen molar-refractivity contribution in [3.05, 3.63) is 36.0 Å². The van der Waals surface area contributed by atoms with E-state index in [-0.39, 0.29) is 17.9 Å². The third-order valence-electron chi connectivity index (χ3n) is 3.12. The fraction of sp³-hybridized carbons (Fsp3) is 0.357. The van der Waals surface area contributed by atoms with Crippen molar-refractivity contribution in [3.63, 3.8) is 0 Å². The number of carbonyl (C=O) groups is 1. The molecule has 0 saturated carbocycles. The maximum atomic E-state index is 11.3. The minimum Gasteiger partial charge on any atom is -0.368 e. The summed E-state index contributed by atoms with van der Waals surface area (Å²) in [7, 11) is 0. The van der Waals surface area contributed by atoms with Crippen molar-refractivity contribution in [2.45, 2.75) is 26.4 Å². The number of nitrogens with two attached hydrogens (primary N) is 1. The van der Waals surface area contributed by atoms with Gasteiger partial charge in [0.15, 0.2) is 0 Å². The van der Waals surface area contributed by atoms with Gasteiger partial charge in [0.1, 0.15) is 0 Å². The molecule has 0 aliphatic rings. The van der Waals surface area contributed by atoms with Gasteiger partial charge in [-0.15, -0.1) is 0 Å². The predicted octanol–water partition coefficient (Wildman–Crippen LogP) is 1.77. The first-order valence-corrected chi connectivity index (χ1v) is 6.16. The Bertz CT molecular complexity index is 545. The number of primary amides is 1. The van der Waals surface area contributed by atoms with Gasteiger partial charge in [-0.05, 0) is 29.0 Å². The molecule has 0 bridgehead atoms. The molecule has 4 heteroatoms. The van der Waals surface area contributed by atoms with Crippen LogP contribution >= 0.6 is 0 Å². The topological polar surface area (TPSA) is 70.9 Å². The Balaban J connectivity index is 2.06. The fourth-order valence-electron chi connectivity index (χ4n) is 2.10. The van der Waals surface area contributed by atoms with Crippen LogP contribution in [-0.4, -0.2) is 16.9 Å². The van der Waals surface area contributed by atoms with Gasteiger partial charge in [0.25, 0.3) is 0 Å². The van der Waals surface area contributed by atoms with E-state index in [9.17, 15) is 4.79 Å². The van der Waals surface area contributed by atoms with Gasteiger partial charge in [0.05, 0.1) is 6.04 Å². The largest absolute Gasteiger partial charge is 0.368 e. The van der Waals surface area contributed by atoms with E-state index in [4.69, 9.17) is 5.73 Å². The number of nitrogens with one attached hydrogen (secondary N) is 2. The number of fused-ring (bicyclic) bond motifs is 1. The van der Waals surface area contributed by atoms with Gasteiger partial charge in [-0.3, -0.25) is 4.79 Å². The molecule has 2 aromatic rings. The van der Waals surface area contributed by atoms with Gasteiger partial charge in [-0.25, -0.2) is 0 Å². The molecule has 0 fully saturated rings. The van der Waals surface area contributed by atoms with E-state index >= 15 is 0 Å². The number of benzene rings is 1. The van der Waals surface area contributed by atoms with Crippen molar-refractivity contribution in [2.24, 2.45) is 11.7 Å². The SMILES string of the molecule is CC(C)C(NCc1ccc2cc[nH]c2c1)C(N)=O. The number of H-pyrrole nitrogens is 1. The molecule has 1 heterocycles. The highest BCUT2D eigenvalue weighted by Crippen LogP contribution is 2.14. The van der Waals surface area contributed by atoms with Gasteiger partial charge >= 0.3 is 0 Å². The molecule has 1 amide bonds. The lowest BCUT2D eigenvalue weighted by Gasteiger charge is -2.18. The molecule has 0 aliphatic heterocycles. The Hall–Kier alpha value is -1.81. The van der Waals surface area contributed by atoms with Crippen LogP contribution < -0.4 is 11.1 Å². The van der Waals surface area contributed by atoms with Crippen molar-refractivity contribution < 1.29 is 4.79 Å². The Morgan fingerprint density at radius 2 is 2.17 bits per heavy atom. The second-order valence-corrected chi connectivity index (χ2v) is 4.90. The lowest BCUT2D eigenvalue weighted by Crippen LogP contribution is -2.44. The molecule has 2 rings (SSSR count). The summed E-state index contributed by atoms with van der Waals surface area (Å²) in [6, 6.07) is 7.96. The van der Waals surface area contributed by atoms with Crippen molar-refractivity contribution in [1.82, 2.24) is 10.3 Å². The highest BCUT2D eigenvalue weighted by Gasteiger charge is 2.18. The molecule has 0 aliphatic carbocycles. The van der Waals surface area contributed by atoms with E-state index < -0.39 is 0 Å². The Labute approximate surface area is 107 Å².